The zero-order chi connectivity index (χ0) is 13.3. The van der Waals surface area contributed by atoms with E-state index in [1.165, 1.54) is 0 Å². The first-order chi connectivity index (χ1) is 8.54. The molecule has 0 aliphatic carbocycles. The molecule has 18 heavy (non-hydrogen) atoms. The number of rotatable bonds is 3. The van der Waals surface area contributed by atoms with Crippen molar-refractivity contribution in [1.29, 1.82) is 0 Å². The zero-order valence-corrected chi connectivity index (χ0v) is 11.0. The van der Waals surface area contributed by atoms with Crippen LogP contribution in [0.1, 0.15) is 12.5 Å². The average Bonchev–Trinajstić information content (AvgIpc) is 2.66. The van der Waals surface area contributed by atoms with Crippen molar-refractivity contribution in [2.45, 2.75) is 20.4 Å². The molecule has 2 N–H and O–H groups in total. The number of likely N-dealkylation sites (N-methyl/N-ethyl adjacent to an activating group) is 1. The van der Waals surface area contributed by atoms with Gasteiger partial charge in [-0.25, -0.2) is 4.98 Å². The number of imidazole rings is 1. The number of para-hydroxylation sites is 1. The number of aryl methyl sites for hydroxylation is 1. The molecule has 1 amide bonds. The van der Waals surface area contributed by atoms with Crippen molar-refractivity contribution in [2.24, 2.45) is 0 Å². The Morgan fingerprint density at radius 3 is 2.89 bits per heavy atom. The van der Waals surface area contributed by atoms with Gasteiger partial charge in [-0.05, 0) is 25.5 Å². The molecule has 5 heteroatoms. The summed E-state index contributed by atoms with van der Waals surface area (Å²) in [6, 6.07) is 5.84. The highest BCUT2D eigenvalue weighted by Gasteiger charge is 2.14. The van der Waals surface area contributed by atoms with Gasteiger partial charge >= 0.3 is 0 Å². The maximum absolute atomic E-state index is 12.0. The number of carbonyl (C=O) groups is 1. The highest BCUT2D eigenvalue weighted by Crippen LogP contribution is 2.21. The van der Waals surface area contributed by atoms with Gasteiger partial charge in [0.05, 0.1) is 11.0 Å². The topological polar surface area (TPSA) is 64.2 Å². The van der Waals surface area contributed by atoms with Gasteiger partial charge in [-0.3, -0.25) is 4.79 Å². The van der Waals surface area contributed by atoms with E-state index in [1.54, 1.807) is 16.5 Å². The fraction of sp³-hybridized carbons (Fsp3) is 0.385. The molecule has 1 heterocycles. The standard InChI is InChI=1S/C13H18N4O/c1-4-16(3)11(18)8-17-12-9(2)6-5-7-10(12)15-13(17)14/h5-7H,4,8H2,1-3H3,(H2,14,15). The van der Waals surface area contributed by atoms with Gasteiger partial charge in [-0.1, -0.05) is 12.1 Å². The van der Waals surface area contributed by atoms with Crippen LogP contribution in [0.3, 0.4) is 0 Å². The van der Waals surface area contributed by atoms with Crippen molar-refractivity contribution in [1.82, 2.24) is 14.5 Å². The van der Waals surface area contributed by atoms with Gasteiger partial charge in [0.15, 0.2) is 0 Å². The summed E-state index contributed by atoms with van der Waals surface area (Å²) in [6.07, 6.45) is 0. The lowest BCUT2D eigenvalue weighted by molar-refractivity contribution is -0.130. The van der Waals surface area contributed by atoms with E-state index in [1.807, 2.05) is 32.0 Å². The smallest absolute Gasteiger partial charge is 0.242 e. The second kappa shape index (κ2) is 4.68. The van der Waals surface area contributed by atoms with E-state index in [2.05, 4.69) is 4.98 Å². The van der Waals surface area contributed by atoms with Gasteiger partial charge in [0.25, 0.3) is 0 Å². The van der Waals surface area contributed by atoms with Crippen molar-refractivity contribution in [3.05, 3.63) is 23.8 Å². The predicted molar refractivity (Wildman–Crippen MR) is 72.2 cm³/mol. The lowest BCUT2D eigenvalue weighted by Crippen LogP contribution is -2.30. The van der Waals surface area contributed by atoms with Crippen LogP contribution >= 0.6 is 0 Å². The molecule has 0 atom stereocenters. The lowest BCUT2D eigenvalue weighted by atomic mass is 10.2. The number of nitrogens with two attached hydrogens (primary N) is 1. The van der Waals surface area contributed by atoms with E-state index >= 15 is 0 Å². The van der Waals surface area contributed by atoms with Crippen LogP contribution in [-0.4, -0.2) is 34.0 Å². The highest BCUT2D eigenvalue weighted by molar-refractivity contribution is 5.84. The molecule has 0 aliphatic rings. The predicted octanol–water partition coefficient (Wildman–Crippen LogP) is 1.41. The summed E-state index contributed by atoms with van der Waals surface area (Å²) in [4.78, 5) is 17.9. The molecular weight excluding hydrogens is 228 g/mol. The summed E-state index contributed by atoms with van der Waals surface area (Å²) >= 11 is 0. The van der Waals surface area contributed by atoms with E-state index < -0.39 is 0 Å². The van der Waals surface area contributed by atoms with Crippen LogP contribution in [-0.2, 0) is 11.3 Å². The first-order valence-corrected chi connectivity index (χ1v) is 6.00. The first-order valence-electron chi connectivity index (χ1n) is 6.00. The second-order valence-electron chi connectivity index (χ2n) is 4.41. The van der Waals surface area contributed by atoms with E-state index in [9.17, 15) is 4.79 Å². The van der Waals surface area contributed by atoms with E-state index in [0.717, 1.165) is 16.6 Å². The van der Waals surface area contributed by atoms with Gasteiger partial charge in [0, 0.05) is 13.6 Å². The Balaban J connectivity index is 2.44. The van der Waals surface area contributed by atoms with Crippen LogP contribution in [0.15, 0.2) is 18.2 Å². The summed E-state index contributed by atoms with van der Waals surface area (Å²) in [6.45, 7) is 4.86. The average molecular weight is 246 g/mol. The molecule has 0 spiro atoms. The molecule has 5 nitrogen and oxygen atoms in total. The molecular formula is C13H18N4O. The molecule has 2 rings (SSSR count). The Bertz CT molecular complexity index is 588. The van der Waals surface area contributed by atoms with Gasteiger partial charge in [-0.15, -0.1) is 0 Å². The highest BCUT2D eigenvalue weighted by atomic mass is 16.2. The first kappa shape index (κ1) is 12.4. The Labute approximate surface area is 106 Å². The van der Waals surface area contributed by atoms with E-state index in [-0.39, 0.29) is 12.5 Å². The molecule has 0 saturated heterocycles. The summed E-state index contributed by atoms with van der Waals surface area (Å²) < 4.78 is 1.78. The monoisotopic (exact) mass is 246 g/mol. The van der Waals surface area contributed by atoms with Crippen LogP contribution < -0.4 is 5.73 Å². The Hall–Kier alpha value is -2.04. The number of aromatic nitrogens is 2. The molecule has 1 aromatic heterocycles. The third-order valence-electron chi connectivity index (χ3n) is 3.19. The molecule has 2 aromatic rings. The number of nitrogens with zero attached hydrogens (tertiary/aromatic N) is 3. The van der Waals surface area contributed by atoms with Crippen molar-refractivity contribution < 1.29 is 4.79 Å². The maximum Gasteiger partial charge on any atom is 0.242 e. The minimum Gasteiger partial charge on any atom is -0.369 e. The summed E-state index contributed by atoms with van der Waals surface area (Å²) in [7, 11) is 1.78. The van der Waals surface area contributed by atoms with E-state index in [0.29, 0.717) is 12.5 Å². The minimum atomic E-state index is 0.0340. The number of nitrogen functional groups attached to an aromatic ring is 1. The molecule has 96 valence electrons. The third-order valence-corrected chi connectivity index (χ3v) is 3.19. The van der Waals surface area contributed by atoms with Crippen molar-refractivity contribution in [3.63, 3.8) is 0 Å². The van der Waals surface area contributed by atoms with Crippen LogP contribution in [0.2, 0.25) is 0 Å². The molecule has 1 aromatic carbocycles. The summed E-state index contributed by atoms with van der Waals surface area (Å²) in [5.74, 6) is 0.420. The Morgan fingerprint density at radius 1 is 1.50 bits per heavy atom. The number of anilines is 1. The molecule has 0 bridgehead atoms. The number of carbonyl (C=O) groups excluding carboxylic acids is 1. The number of amides is 1. The molecule has 0 radical (unpaired) electrons. The number of benzene rings is 1. The molecule has 0 unspecified atom stereocenters. The van der Waals surface area contributed by atoms with Crippen LogP contribution in [0.25, 0.3) is 11.0 Å². The Kier molecular flexibility index (Phi) is 3.23. The second-order valence-corrected chi connectivity index (χ2v) is 4.41. The molecule has 0 aliphatic heterocycles. The minimum absolute atomic E-state index is 0.0340. The Morgan fingerprint density at radius 2 is 2.22 bits per heavy atom. The van der Waals surface area contributed by atoms with Crippen LogP contribution in [0.4, 0.5) is 5.95 Å². The number of hydrogen-bond acceptors (Lipinski definition) is 3. The quantitative estimate of drug-likeness (QED) is 0.890. The van der Waals surface area contributed by atoms with E-state index in [4.69, 9.17) is 5.73 Å². The third kappa shape index (κ3) is 2.03. The normalized spacial score (nSPS) is 10.8. The molecule has 0 fully saturated rings. The van der Waals surface area contributed by atoms with Gasteiger partial charge in [0.2, 0.25) is 11.9 Å². The van der Waals surface area contributed by atoms with Gasteiger partial charge in [0.1, 0.15) is 6.54 Å². The lowest BCUT2D eigenvalue weighted by Gasteiger charge is -2.16. The van der Waals surface area contributed by atoms with Crippen LogP contribution in [0.5, 0.6) is 0 Å². The maximum atomic E-state index is 12.0. The van der Waals surface area contributed by atoms with Crippen molar-refractivity contribution in [2.75, 3.05) is 19.3 Å². The number of hydrogen-bond donors (Lipinski definition) is 1. The number of fused-ring (bicyclic) bond motifs is 1. The summed E-state index contributed by atoms with van der Waals surface area (Å²) in [5.41, 5.74) is 8.74. The zero-order valence-electron chi connectivity index (χ0n) is 11.0. The largest absolute Gasteiger partial charge is 0.369 e. The van der Waals surface area contributed by atoms with Gasteiger partial charge in [-0.2, -0.15) is 0 Å². The fourth-order valence-electron chi connectivity index (χ4n) is 1.98. The van der Waals surface area contributed by atoms with Crippen molar-refractivity contribution in [3.8, 4) is 0 Å². The van der Waals surface area contributed by atoms with Crippen LogP contribution in [0, 0.1) is 6.92 Å². The van der Waals surface area contributed by atoms with Gasteiger partial charge < -0.3 is 15.2 Å². The fourth-order valence-corrected chi connectivity index (χ4v) is 1.98. The van der Waals surface area contributed by atoms with Crippen molar-refractivity contribution >= 4 is 22.9 Å². The summed E-state index contributed by atoms with van der Waals surface area (Å²) in [5, 5.41) is 0. The molecule has 0 saturated carbocycles. The SMILES string of the molecule is CCN(C)C(=O)Cn1c(N)nc2cccc(C)c21.